The summed E-state index contributed by atoms with van der Waals surface area (Å²) in [4.78, 5) is 16.8. The molecule has 1 heterocycles. The minimum Gasteiger partial charge on any atom is -0.367 e. The Kier molecular flexibility index (Phi) is 5.69. The van der Waals surface area contributed by atoms with Crippen LogP contribution in [-0.4, -0.2) is 23.5 Å². The van der Waals surface area contributed by atoms with Crippen molar-refractivity contribution in [2.24, 2.45) is 5.92 Å². The maximum Gasteiger partial charge on any atom is 0.251 e. The van der Waals surface area contributed by atoms with Gasteiger partial charge in [-0.25, -0.2) is 13.8 Å². The molecule has 150 valence electrons. The van der Waals surface area contributed by atoms with Gasteiger partial charge >= 0.3 is 0 Å². The van der Waals surface area contributed by atoms with Gasteiger partial charge in [0.25, 0.3) is 5.91 Å². The number of fused-ring (bicyclic) bond motifs is 1. The van der Waals surface area contributed by atoms with Crippen LogP contribution < -0.4 is 10.6 Å². The molecule has 6 heteroatoms. The van der Waals surface area contributed by atoms with Crippen molar-refractivity contribution < 1.29 is 13.6 Å². The summed E-state index contributed by atoms with van der Waals surface area (Å²) in [7, 11) is 0. The van der Waals surface area contributed by atoms with Crippen molar-refractivity contribution in [1.29, 1.82) is 0 Å². The molecule has 4 rings (SSSR count). The van der Waals surface area contributed by atoms with Crippen molar-refractivity contribution in [3.8, 4) is 0 Å². The number of anilines is 1. The summed E-state index contributed by atoms with van der Waals surface area (Å²) in [6, 6.07) is 15.7. The van der Waals surface area contributed by atoms with Crippen molar-refractivity contribution >= 4 is 22.6 Å². The normalized spacial score (nSPS) is 19.1. The molecule has 1 fully saturated rings. The van der Waals surface area contributed by atoms with E-state index >= 15 is 0 Å². The van der Waals surface area contributed by atoms with Gasteiger partial charge in [-0.3, -0.25) is 4.79 Å². The van der Waals surface area contributed by atoms with Crippen LogP contribution >= 0.6 is 0 Å². The number of para-hydroxylation sites is 1. The molecule has 0 aliphatic heterocycles. The van der Waals surface area contributed by atoms with Crippen LogP contribution in [0.15, 0.2) is 54.6 Å². The Balaban J connectivity index is 1.25. The lowest BCUT2D eigenvalue weighted by Crippen LogP contribution is -2.34. The Labute approximate surface area is 168 Å². The molecule has 1 amide bonds. The van der Waals surface area contributed by atoms with Crippen LogP contribution in [0, 0.1) is 17.6 Å². The Morgan fingerprint density at radius 1 is 0.966 bits per heavy atom. The Bertz CT molecular complexity index is 1020. The Morgan fingerprint density at radius 3 is 2.55 bits per heavy atom. The number of hydrogen-bond acceptors (Lipinski definition) is 3. The summed E-state index contributed by atoms with van der Waals surface area (Å²) in [5.41, 5.74) is 1.12. The summed E-state index contributed by atoms with van der Waals surface area (Å²) >= 11 is 0. The van der Waals surface area contributed by atoms with Crippen LogP contribution in [0.3, 0.4) is 0 Å². The molecule has 4 nitrogen and oxygen atoms in total. The summed E-state index contributed by atoms with van der Waals surface area (Å²) in [6.45, 7) is 0.540. The third kappa shape index (κ3) is 4.70. The summed E-state index contributed by atoms with van der Waals surface area (Å²) in [5, 5.41) is 7.48. The predicted molar refractivity (Wildman–Crippen MR) is 110 cm³/mol. The number of nitrogens with one attached hydrogen (secondary N) is 2. The van der Waals surface area contributed by atoms with Crippen molar-refractivity contribution in [2.75, 3.05) is 11.9 Å². The van der Waals surface area contributed by atoms with Crippen LogP contribution in [0.2, 0.25) is 0 Å². The molecule has 2 N–H and O–H groups in total. The van der Waals surface area contributed by atoms with Crippen LogP contribution in [0.25, 0.3) is 10.9 Å². The first-order valence-electron chi connectivity index (χ1n) is 9.94. The first-order chi connectivity index (χ1) is 14.1. The number of hydrogen-bond donors (Lipinski definition) is 2. The third-order valence-corrected chi connectivity index (χ3v) is 5.53. The Morgan fingerprint density at radius 2 is 1.76 bits per heavy atom. The highest BCUT2D eigenvalue weighted by Crippen LogP contribution is 2.26. The molecule has 1 aliphatic rings. The molecule has 0 bridgehead atoms. The lowest BCUT2D eigenvalue weighted by molar-refractivity contribution is 0.0942. The Hall–Kier alpha value is -3.02. The SMILES string of the molecule is O=C(NCC1CCC(Nc2ccc3ccccc3n2)CC1)c1ccc(F)c(F)c1. The molecular formula is C23H23F2N3O. The molecule has 3 aromatic rings. The minimum absolute atomic E-state index is 0.140. The number of carbonyl (C=O) groups is 1. The molecule has 0 spiro atoms. The second-order valence-corrected chi connectivity index (χ2v) is 7.59. The highest BCUT2D eigenvalue weighted by atomic mass is 19.2. The van der Waals surface area contributed by atoms with E-state index in [0.29, 0.717) is 18.5 Å². The maximum absolute atomic E-state index is 13.3. The first-order valence-corrected chi connectivity index (χ1v) is 9.94. The van der Waals surface area contributed by atoms with Gasteiger partial charge < -0.3 is 10.6 Å². The molecule has 1 aromatic heterocycles. The second kappa shape index (κ2) is 8.55. The number of halogens is 2. The number of aromatic nitrogens is 1. The fourth-order valence-corrected chi connectivity index (χ4v) is 3.84. The molecule has 29 heavy (non-hydrogen) atoms. The zero-order chi connectivity index (χ0) is 20.2. The van der Waals surface area contributed by atoms with E-state index in [2.05, 4.69) is 21.7 Å². The highest BCUT2D eigenvalue weighted by molar-refractivity contribution is 5.94. The quantitative estimate of drug-likeness (QED) is 0.645. The lowest BCUT2D eigenvalue weighted by Gasteiger charge is -2.29. The predicted octanol–water partition coefficient (Wildman–Crippen LogP) is 4.91. The van der Waals surface area contributed by atoms with Crippen molar-refractivity contribution in [2.45, 2.75) is 31.7 Å². The fraction of sp³-hybridized carbons (Fsp3) is 0.304. The van der Waals surface area contributed by atoms with E-state index in [1.165, 1.54) is 6.07 Å². The standard InChI is InChI=1S/C23H23F2N3O/c24-19-11-7-17(13-20(19)25)23(29)26-14-15-5-9-18(10-6-15)27-22-12-8-16-3-1-2-4-21(16)28-22/h1-4,7-8,11-13,15,18H,5-6,9-10,14H2,(H,26,29)(H,27,28). The summed E-state index contributed by atoms with van der Waals surface area (Å²) in [5.74, 6) is -1.06. The molecule has 0 saturated heterocycles. The summed E-state index contributed by atoms with van der Waals surface area (Å²) < 4.78 is 26.3. The average Bonchev–Trinajstić information content (AvgIpc) is 2.75. The molecule has 1 saturated carbocycles. The van der Waals surface area contributed by atoms with Gasteiger partial charge in [-0.1, -0.05) is 18.2 Å². The van der Waals surface area contributed by atoms with Crippen molar-refractivity contribution in [1.82, 2.24) is 10.3 Å². The molecule has 0 radical (unpaired) electrons. The molecule has 2 aromatic carbocycles. The van der Waals surface area contributed by atoms with Crippen LogP contribution in [0.5, 0.6) is 0 Å². The minimum atomic E-state index is -1.01. The van der Waals surface area contributed by atoms with Crippen LogP contribution in [0.4, 0.5) is 14.6 Å². The van der Waals surface area contributed by atoms with Gasteiger partial charge in [-0.15, -0.1) is 0 Å². The van der Waals surface area contributed by atoms with Crippen molar-refractivity contribution in [3.63, 3.8) is 0 Å². The number of rotatable bonds is 5. The molecule has 0 unspecified atom stereocenters. The van der Waals surface area contributed by atoms with Gasteiger partial charge in [-0.2, -0.15) is 0 Å². The van der Waals surface area contributed by atoms with E-state index in [-0.39, 0.29) is 11.5 Å². The number of carbonyl (C=O) groups excluding carboxylic acids is 1. The third-order valence-electron chi connectivity index (χ3n) is 5.53. The van der Waals surface area contributed by atoms with Gasteiger partial charge in [-0.05, 0) is 68.0 Å². The van der Waals surface area contributed by atoms with Gasteiger partial charge in [0.15, 0.2) is 11.6 Å². The van der Waals surface area contributed by atoms with Gasteiger partial charge in [0.2, 0.25) is 0 Å². The van der Waals surface area contributed by atoms with Gasteiger partial charge in [0.1, 0.15) is 5.82 Å². The van der Waals surface area contributed by atoms with E-state index in [1.54, 1.807) is 0 Å². The van der Waals surface area contributed by atoms with E-state index in [9.17, 15) is 13.6 Å². The average molecular weight is 395 g/mol. The van der Waals surface area contributed by atoms with Crippen LogP contribution in [-0.2, 0) is 0 Å². The molecular weight excluding hydrogens is 372 g/mol. The largest absolute Gasteiger partial charge is 0.367 e. The molecule has 1 aliphatic carbocycles. The number of nitrogens with zero attached hydrogens (tertiary/aromatic N) is 1. The number of pyridine rings is 1. The topological polar surface area (TPSA) is 54.0 Å². The lowest BCUT2D eigenvalue weighted by atomic mass is 9.86. The van der Waals surface area contributed by atoms with E-state index < -0.39 is 11.6 Å². The maximum atomic E-state index is 13.3. The van der Waals surface area contributed by atoms with Crippen LogP contribution in [0.1, 0.15) is 36.0 Å². The van der Waals surface area contributed by atoms with Gasteiger partial charge in [0.05, 0.1) is 5.52 Å². The fourth-order valence-electron chi connectivity index (χ4n) is 3.84. The number of benzene rings is 2. The zero-order valence-corrected chi connectivity index (χ0v) is 16.0. The summed E-state index contributed by atoms with van der Waals surface area (Å²) in [6.07, 6.45) is 3.98. The van der Waals surface area contributed by atoms with E-state index in [0.717, 1.165) is 54.5 Å². The highest BCUT2D eigenvalue weighted by Gasteiger charge is 2.22. The number of amides is 1. The zero-order valence-electron chi connectivity index (χ0n) is 16.0. The van der Waals surface area contributed by atoms with E-state index in [1.807, 2.05) is 30.3 Å². The van der Waals surface area contributed by atoms with E-state index in [4.69, 9.17) is 0 Å². The molecule has 0 atom stereocenters. The smallest absolute Gasteiger partial charge is 0.251 e. The van der Waals surface area contributed by atoms with Gasteiger partial charge in [0, 0.05) is 23.5 Å². The van der Waals surface area contributed by atoms with Crippen molar-refractivity contribution in [3.05, 3.63) is 71.8 Å². The monoisotopic (exact) mass is 395 g/mol. The second-order valence-electron chi connectivity index (χ2n) is 7.59. The first kappa shape index (κ1) is 19.3.